The zero-order valence-electron chi connectivity index (χ0n) is 15.3. The Morgan fingerprint density at radius 3 is 2.42 bits per heavy atom. The van der Waals surface area contributed by atoms with Crippen molar-refractivity contribution in [1.29, 1.82) is 0 Å². The Balaban J connectivity index is 1.61. The molecule has 0 saturated carbocycles. The molecule has 160 valence electrons. The van der Waals surface area contributed by atoms with Gasteiger partial charge in [-0.05, 0) is 24.3 Å². The van der Waals surface area contributed by atoms with Gasteiger partial charge >= 0.3 is 0 Å². The molecule has 0 spiro atoms. The van der Waals surface area contributed by atoms with Crippen LogP contribution in [0.25, 0.3) is 0 Å². The lowest BCUT2D eigenvalue weighted by molar-refractivity contribution is 0.102. The lowest BCUT2D eigenvalue weighted by atomic mass is 10.1. The van der Waals surface area contributed by atoms with Gasteiger partial charge in [0.05, 0.1) is 5.69 Å². The van der Waals surface area contributed by atoms with E-state index in [4.69, 9.17) is 11.6 Å². The van der Waals surface area contributed by atoms with Gasteiger partial charge in [-0.3, -0.25) is 4.79 Å². The second kappa shape index (κ2) is 7.84. The molecule has 2 aromatic carbocycles. The molecule has 1 atom stereocenters. The molecule has 1 aliphatic heterocycles. The second-order valence-electron chi connectivity index (χ2n) is 6.53. The molecule has 1 unspecified atom stereocenters. The fourth-order valence-corrected chi connectivity index (χ4v) is 4.39. The monoisotopic (exact) mass is 468 g/mol. The second-order valence-corrected chi connectivity index (χ2v) is 8.60. The van der Waals surface area contributed by atoms with E-state index in [1.54, 1.807) is 6.07 Å². The van der Waals surface area contributed by atoms with Gasteiger partial charge in [-0.15, -0.1) is 0 Å². The molecule has 12 heteroatoms. The third-order valence-electron chi connectivity index (χ3n) is 4.43. The number of sulfonamides is 1. The predicted octanol–water partition coefficient (Wildman–Crippen LogP) is 3.81. The van der Waals surface area contributed by atoms with E-state index in [-0.39, 0.29) is 27.0 Å². The van der Waals surface area contributed by atoms with Crippen LogP contribution in [0, 0.1) is 17.5 Å². The molecule has 3 aromatic rings. The Morgan fingerprint density at radius 2 is 1.77 bits per heavy atom. The normalized spacial score (nSPS) is 16.8. The molecule has 2 heterocycles. The van der Waals surface area contributed by atoms with Crippen molar-refractivity contribution in [3.63, 3.8) is 0 Å². The van der Waals surface area contributed by atoms with E-state index in [9.17, 15) is 26.4 Å². The lowest BCUT2D eigenvalue weighted by Crippen LogP contribution is -2.38. The first-order valence-corrected chi connectivity index (χ1v) is 10.5. The number of halogens is 4. The fraction of sp³-hybridized carbons (Fsp3) is 0.0526. The van der Waals surface area contributed by atoms with Crippen LogP contribution in [0.4, 0.5) is 24.5 Å². The molecule has 0 aliphatic carbocycles. The third kappa shape index (κ3) is 4.20. The van der Waals surface area contributed by atoms with Crippen LogP contribution in [0.5, 0.6) is 0 Å². The van der Waals surface area contributed by atoms with Crippen molar-refractivity contribution < 1.29 is 26.4 Å². The smallest absolute Gasteiger partial charge is 0.255 e. The van der Waals surface area contributed by atoms with Gasteiger partial charge in [0.1, 0.15) is 16.2 Å². The number of nitrogens with zero attached hydrogens (tertiary/aromatic N) is 1. The number of anilines is 2. The van der Waals surface area contributed by atoms with Crippen LogP contribution in [0.3, 0.4) is 0 Å². The Labute approximate surface area is 179 Å². The Hall–Kier alpha value is -3.15. The summed E-state index contributed by atoms with van der Waals surface area (Å²) in [5.41, 5.74) is 0.325. The van der Waals surface area contributed by atoms with Crippen LogP contribution in [-0.2, 0) is 10.0 Å². The van der Waals surface area contributed by atoms with E-state index >= 15 is 0 Å². The number of hydrogen-bond acceptors (Lipinski definition) is 5. The Kier molecular flexibility index (Phi) is 5.33. The van der Waals surface area contributed by atoms with Crippen LogP contribution in [0.15, 0.2) is 53.6 Å². The Morgan fingerprint density at radius 1 is 1.06 bits per heavy atom. The van der Waals surface area contributed by atoms with Crippen LogP contribution < -0.4 is 15.4 Å². The molecule has 0 saturated heterocycles. The number of fused-ring (bicyclic) bond motifs is 1. The summed E-state index contributed by atoms with van der Waals surface area (Å²) in [5, 5.41) is 5.43. The Bertz CT molecular complexity index is 1280. The first-order chi connectivity index (χ1) is 14.6. The van der Waals surface area contributed by atoms with Gasteiger partial charge in [0.15, 0.2) is 17.5 Å². The first-order valence-electron chi connectivity index (χ1n) is 8.64. The molecule has 1 aromatic heterocycles. The van der Waals surface area contributed by atoms with Crippen molar-refractivity contribution in [2.75, 3.05) is 10.6 Å². The minimum atomic E-state index is -4.02. The summed E-state index contributed by atoms with van der Waals surface area (Å²) >= 11 is 5.75. The standard InChI is InChI=1S/C19H12ClF3N4O3S/c20-16-4-2-10(8-24-16)18-26-14-3-1-9(5-15(14)31(29,30)27-18)19(28)25-11-6-12(21)17(23)13(22)7-11/h1-8,18,26-27H,(H,25,28). The maximum atomic E-state index is 13.3. The SMILES string of the molecule is O=C(Nc1cc(F)c(F)c(F)c1)c1ccc2c(c1)S(=O)(=O)NC(c1ccc(Cl)nc1)N2. The number of carbonyl (C=O) groups is 1. The van der Waals surface area contributed by atoms with E-state index in [0.717, 1.165) is 6.07 Å². The number of amides is 1. The van der Waals surface area contributed by atoms with Crippen molar-refractivity contribution >= 4 is 38.9 Å². The molecule has 0 fully saturated rings. The van der Waals surface area contributed by atoms with Crippen molar-refractivity contribution in [2.45, 2.75) is 11.1 Å². The van der Waals surface area contributed by atoms with E-state index in [2.05, 4.69) is 20.3 Å². The van der Waals surface area contributed by atoms with Gasteiger partial charge in [-0.1, -0.05) is 17.7 Å². The number of hydrogen-bond donors (Lipinski definition) is 3. The maximum Gasteiger partial charge on any atom is 0.255 e. The summed E-state index contributed by atoms with van der Waals surface area (Å²) < 4.78 is 67.6. The van der Waals surface area contributed by atoms with Gasteiger partial charge in [-0.2, -0.15) is 4.72 Å². The molecule has 31 heavy (non-hydrogen) atoms. The molecule has 4 rings (SSSR count). The lowest BCUT2D eigenvalue weighted by Gasteiger charge is -2.28. The number of rotatable bonds is 3. The highest BCUT2D eigenvalue weighted by Crippen LogP contribution is 2.32. The van der Waals surface area contributed by atoms with Crippen molar-refractivity contribution in [3.05, 3.63) is 82.4 Å². The largest absolute Gasteiger partial charge is 0.364 e. The molecule has 1 amide bonds. The van der Waals surface area contributed by atoms with Gasteiger partial charge in [0.2, 0.25) is 10.0 Å². The predicted molar refractivity (Wildman–Crippen MR) is 107 cm³/mol. The summed E-state index contributed by atoms with van der Waals surface area (Å²) in [5.74, 6) is -5.45. The van der Waals surface area contributed by atoms with Crippen molar-refractivity contribution in [2.24, 2.45) is 0 Å². The van der Waals surface area contributed by atoms with Gasteiger partial charge < -0.3 is 10.6 Å². The highest BCUT2D eigenvalue weighted by Gasteiger charge is 2.31. The molecular formula is C19H12ClF3N4O3S. The van der Waals surface area contributed by atoms with Crippen LogP contribution in [0.1, 0.15) is 22.1 Å². The third-order valence-corrected chi connectivity index (χ3v) is 6.12. The zero-order valence-corrected chi connectivity index (χ0v) is 16.9. The van der Waals surface area contributed by atoms with Gasteiger partial charge in [0, 0.05) is 35.1 Å². The summed E-state index contributed by atoms with van der Waals surface area (Å²) in [7, 11) is -4.02. The van der Waals surface area contributed by atoms with E-state index in [0.29, 0.717) is 17.7 Å². The maximum absolute atomic E-state index is 13.3. The highest BCUT2D eigenvalue weighted by atomic mass is 35.5. The first kappa shape index (κ1) is 21.1. The molecule has 0 bridgehead atoms. The van der Waals surface area contributed by atoms with E-state index in [1.165, 1.54) is 24.4 Å². The quantitative estimate of drug-likeness (QED) is 0.401. The minimum Gasteiger partial charge on any atom is -0.364 e. The van der Waals surface area contributed by atoms with Gasteiger partial charge in [-0.25, -0.2) is 26.6 Å². The van der Waals surface area contributed by atoms with E-state index in [1.807, 2.05) is 0 Å². The number of pyridine rings is 1. The molecule has 7 nitrogen and oxygen atoms in total. The molecule has 3 N–H and O–H groups in total. The van der Waals surface area contributed by atoms with E-state index < -0.39 is 39.5 Å². The van der Waals surface area contributed by atoms with Crippen molar-refractivity contribution in [3.8, 4) is 0 Å². The fourth-order valence-electron chi connectivity index (χ4n) is 2.95. The average Bonchev–Trinajstić information content (AvgIpc) is 2.71. The number of carbonyl (C=O) groups excluding carboxylic acids is 1. The number of nitrogens with one attached hydrogen (secondary N) is 3. The topological polar surface area (TPSA) is 100 Å². The van der Waals surface area contributed by atoms with Crippen molar-refractivity contribution in [1.82, 2.24) is 9.71 Å². The van der Waals surface area contributed by atoms with Crippen LogP contribution in [0.2, 0.25) is 5.15 Å². The van der Waals surface area contributed by atoms with Crippen LogP contribution >= 0.6 is 11.6 Å². The average molecular weight is 469 g/mol. The summed E-state index contributed by atoms with van der Waals surface area (Å²) in [6.07, 6.45) is 0.600. The zero-order chi connectivity index (χ0) is 22.3. The summed E-state index contributed by atoms with van der Waals surface area (Å²) in [4.78, 5) is 16.1. The number of aromatic nitrogens is 1. The molecule has 0 radical (unpaired) electrons. The number of benzene rings is 2. The molecule has 1 aliphatic rings. The highest BCUT2D eigenvalue weighted by molar-refractivity contribution is 7.89. The minimum absolute atomic E-state index is 0.0947. The van der Waals surface area contributed by atoms with Crippen LogP contribution in [-0.4, -0.2) is 19.3 Å². The summed E-state index contributed by atoms with van der Waals surface area (Å²) in [6, 6.07) is 8.14. The molecular weight excluding hydrogens is 457 g/mol. The van der Waals surface area contributed by atoms with Gasteiger partial charge in [0.25, 0.3) is 5.91 Å². The summed E-state index contributed by atoms with van der Waals surface area (Å²) in [6.45, 7) is 0.